The van der Waals surface area contributed by atoms with Crippen molar-refractivity contribution in [3.63, 3.8) is 0 Å². The molecule has 1 aliphatic rings. The van der Waals surface area contributed by atoms with Crippen LogP contribution in [0.5, 0.6) is 0 Å². The summed E-state index contributed by atoms with van der Waals surface area (Å²) in [6, 6.07) is 14.5. The van der Waals surface area contributed by atoms with Crippen LogP contribution in [0.25, 0.3) is 10.8 Å². The summed E-state index contributed by atoms with van der Waals surface area (Å²) in [6.07, 6.45) is 3.36. The lowest BCUT2D eigenvalue weighted by atomic mass is 9.94. The Morgan fingerprint density at radius 1 is 1.19 bits per heavy atom. The summed E-state index contributed by atoms with van der Waals surface area (Å²) in [6.45, 7) is 3.59. The zero-order chi connectivity index (χ0) is 19.2. The van der Waals surface area contributed by atoms with Gasteiger partial charge in [-0.15, -0.1) is 0 Å². The van der Waals surface area contributed by atoms with Crippen molar-refractivity contribution in [1.82, 2.24) is 10.2 Å². The highest BCUT2D eigenvalue weighted by atomic mass is 16.2. The fraction of sp³-hybridized carbons (Fsp3) is 0.455. The summed E-state index contributed by atoms with van der Waals surface area (Å²) in [4.78, 5) is 26.9. The van der Waals surface area contributed by atoms with Gasteiger partial charge in [-0.05, 0) is 42.5 Å². The average molecular weight is 367 g/mol. The first kappa shape index (κ1) is 19.4. The molecule has 0 aliphatic carbocycles. The molecule has 5 heteroatoms. The monoisotopic (exact) mass is 367 g/mol. The van der Waals surface area contributed by atoms with E-state index in [0.29, 0.717) is 19.5 Å². The molecule has 1 aliphatic heterocycles. The van der Waals surface area contributed by atoms with E-state index < -0.39 is 0 Å². The SMILES string of the molecule is CC(C(=O)N1CCCCC1CNC(=O)CCN)c1ccc2ccccc2c1. The molecule has 2 atom stereocenters. The van der Waals surface area contributed by atoms with E-state index in [2.05, 4.69) is 29.6 Å². The van der Waals surface area contributed by atoms with Gasteiger partial charge in [-0.2, -0.15) is 0 Å². The van der Waals surface area contributed by atoms with Gasteiger partial charge in [0, 0.05) is 32.1 Å². The van der Waals surface area contributed by atoms with Gasteiger partial charge in [0.15, 0.2) is 0 Å². The highest BCUT2D eigenvalue weighted by Crippen LogP contribution is 2.26. The first-order chi connectivity index (χ1) is 13.1. The number of hydrogen-bond acceptors (Lipinski definition) is 3. The molecule has 144 valence electrons. The second-order valence-electron chi connectivity index (χ2n) is 7.35. The maximum atomic E-state index is 13.2. The van der Waals surface area contributed by atoms with Crippen LogP contribution in [0.15, 0.2) is 42.5 Å². The molecule has 3 N–H and O–H groups in total. The van der Waals surface area contributed by atoms with E-state index >= 15 is 0 Å². The highest BCUT2D eigenvalue weighted by molar-refractivity contribution is 5.88. The third kappa shape index (κ3) is 4.66. The summed E-state index contributed by atoms with van der Waals surface area (Å²) in [5.41, 5.74) is 6.47. The van der Waals surface area contributed by atoms with Crippen LogP contribution >= 0.6 is 0 Å². The van der Waals surface area contributed by atoms with Gasteiger partial charge >= 0.3 is 0 Å². The van der Waals surface area contributed by atoms with Gasteiger partial charge in [0.25, 0.3) is 0 Å². The second kappa shape index (κ2) is 9.00. The Morgan fingerprint density at radius 3 is 2.74 bits per heavy atom. The number of carbonyl (C=O) groups excluding carboxylic acids is 2. The number of hydrogen-bond donors (Lipinski definition) is 2. The third-order valence-corrected chi connectivity index (χ3v) is 5.46. The standard InChI is InChI=1S/C22H29N3O2/c1-16(18-10-9-17-6-2-3-7-19(17)14-18)22(27)25-13-5-4-8-20(25)15-24-21(26)11-12-23/h2-3,6-7,9-10,14,16,20H,4-5,8,11-13,15,23H2,1H3,(H,24,26). The molecular formula is C22H29N3O2. The number of rotatable bonds is 6. The van der Waals surface area contributed by atoms with Crippen LogP contribution in [-0.2, 0) is 9.59 Å². The van der Waals surface area contributed by atoms with Crippen LogP contribution < -0.4 is 11.1 Å². The summed E-state index contributed by atoms with van der Waals surface area (Å²) >= 11 is 0. The number of likely N-dealkylation sites (tertiary alicyclic amines) is 1. The molecule has 0 aromatic heterocycles. The fourth-order valence-corrected chi connectivity index (χ4v) is 3.82. The van der Waals surface area contributed by atoms with Crippen LogP contribution in [0.1, 0.15) is 44.1 Å². The topological polar surface area (TPSA) is 75.4 Å². The van der Waals surface area contributed by atoms with E-state index in [1.54, 1.807) is 0 Å². The Bertz CT molecular complexity index is 805. The van der Waals surface area contributed by atoms with E-state index in [-0.39, 0.29) is 23.8 Å². The van der Waals surface area contributed by atoms with Crippen LogP contribution in [-0.4, -0.2) is 42.4 Å². The molecule has 27 heavy (non-hydrogen) atoms. The normalized spacial score (nSPS) is 18.3. The Balaban J connectivity index is 1.71. The predicted octanol–water partition coefficient (Wildman–Crippen LogP) is 2.79. The molecule has 3 rings (SSSR count). The lowest BCUT2D eigenvalue weighted by Gasteiger charge is -2.37. The molecule has 0 radical (unpaired) electrons. The van der Waals surface area contributed by atoms with E-state index in [1.807, 2.05) is 30.0 Å². The first-order valence-corrected chi connectivity index (χ1v) is 9.86. The van der Waals surface area contributed by atoms with Crippen LogP contribution in [0, 0.1) is 0 Å². The van der Waals surface area contributed by atoms with Crippen LogP contribution in [0.4, 0.5) is 0 Å². The van der Waals surface area contributed by atoms with Gasteiger partial charge in [-0.3, -0.25) is 9.59 Å². The Hall–Kier alpha value is -2.40. The Kier molecular flexibility index (Phi) is 6.45. The molecule has 2 aromatic rings. The van der Waals surface area contributed by atoms with Gasteiger partial charge in [-0.25, -0.2) is 0 Å². The predicted molar refractivity (Wildman–Crippen MR) is 108 cm³/mol. The smallest absolute Gasteiger partial charge is 0.230 e. The van der Waals surface area contributed by atoms with E-state index in [4.69, 9.17) is 5.73 Å². The summed E-state index contributed by atoms with van der Waals surface area (Å²) in [5, 5.41) is 5.26. The van der Waals surface area contributed by atoms with Crippen molar-refractivity contribution < 1.29 is 9.59 Å². The van der Waals surface area contributed by atoms with Crippen LogP contribution in [0.2, 0.25) is 0 Å². The largest absolute Gasteiger partial charge is 0.354 e. The van der Waals surface area contributed by atoms with Gasteiger partial charge in [0.2, 0.25) is 11.8 Å². The number of nitrogens with zero attached hydrogens (tertiary/aromatic N) is 1. The number of nitrogens with one attached hydrogen (secondary N) is 1. The molecule has 0 spiro atoms. The molecule has 5 nitrogen and oxygen atoms in total. The minimum absolute atomic E-state index is 0.0435. The van der Waals surface area contributed by atoms with Crippen molar-refractivity contribution in [1.29, 1.82) is 0 Å². The zero-order valence-electron chi connectivity index (χ0n) is 16.0. The van der Waals surface area contributed by atoms with Crippen molar-refractivity contribution in [2.24, 2.45) is 5.73 Å². The quantitative estimate of drug-likeness (QED) is 0.824. The first-order valence-electron chi connectivity index (χ1n) is 9.86. The molecule has 0 saturated carbocycles. The summed E-state index contributed by atoms with van der Waals surface area (Å²) in [7, 11) is 0. The maximum absolute atomic E-state index is 13.2. The number of fused-ring (bicyclic) bond motifs is 1. The van der Waals surface area contributed by atoms with Gasteiger partial charge < -0.3 is 16.0 Å². The van der Waals surface area contributed by atoms with E-state index in [1.165, 1.54) is 5.39 Å². The highest BCUT2D eigenvalue weighted by Gasteiger charge is 2.30. The van der Waals surface area contributed by atoms with Crippen molar-refractivity contribution in [2.75, 3.05) is 19.6 Å². The van der Waals surface area contributed by atoms with Gasteiger partial charge in [-0.1, -0.05) is 42.5 Å². The lowest BCUT2D eigenvalue weighted by Crippen LogP contribution is -2.50. The number of nitrogens with two attached hydrogens (primary N) is 1. The fourth-order valence-electron chi connectivity index (χ4n) is 3.82. The van der Waals surface area contributed by atoms with Gasteiger partial charge in [0.1, 0.15) is 0 Å². The molecule has 1 fully saturated rings. The zero-order valence-corrected chi connectivity index (χ0v) is 16.0. The number of benzene rings is 2. The van der Waals surface area contributed by atoms with E-state index in [0.717, 1.165) is 36.8 Å². The average Bonchev–Trinajstić information content (AvgIpc) is 2.71. The molecular weight excluding hydrogens is 338 g/mol. The summed E-state index contributed by atoms with van der Waals surface area (Å²) in [5.74, 6) is -0.101. The molecule has 1 heterocycles. The second-order valence-corrected chi connectivity index (χ2v) is 7.35. The Morgan fingerprint density at radius 2 is 1.96 bits per heavy atom. The van der Waals surface area contributed by atoms with Crippen molar-refractivity contribution in [3.05, 3.63) is 48.0 Å². The molecule has 2 aromatic carbocycles. The number of piperidine rings is 1. The maximum Gasteiger partial charge on any atom is 0.230 e. The lowest BCUT2D eigenvalue weighted by molar-refractivity contribution is -0.136. The molecule has 1 saturated heterocycles. The minimum Gasteiger partial charge on any atom is -0.354 e. The van der Waals surface area contributed by atoms with E-state index in [9.17, 15) is 9.59 Å². The van der Waals surface area contributed by atoms with Crippen LogP contribution in [0.3, 0.4) is 0 Å². The molecule has 2 unspecified atom stereocenters. The Labute approximate surface area is 160 Å². The van der Waals surface area contributed by atoms with Crippen molar-refractivity contribution >= 4 is 22.6 Å². The molecule has 0 bridgehead atoms. The van der Waals surface area contributed by atoms with Crippen molar-refractivity contribution in [3.8, 4) is 0 Å². The van der Waals surface area contributed by atoms with Gasteiger partial charge in [0.05, 0.1) is 5.92 Å². The minimum atomic E-state index is -0.199. The number of amides is 2. The summed E-state index contributed by atoms with van der Waals surface area (Å²) < 4.78 is 0. The number of carbonyl (C=O) groups is 2. The molecule has 2 amide bonds. The third-order valence-electron chi connectivity index (χ3n) is 5.46. The van der Waals surface area contributed by atoms with Crippen molar-refractivity contribution in [2.45, 2.75) is 44.6 Å².